The second-order valence-corrected chi connectivity index (χ2v) is 10.4. The predicted octanol–water partition coefficient (Wildman–Crippen LogP) is 0.663. The molecule has 2 aromatic heterocycles. The molecule has 0 bridgehead atoms. The maximum Gasteiger partial charge on any atom is 0.235 e. The van der Waals surface area contributed by atoms with E-state index in [2.05, 4.69) is 47.1 Å². The molecule has 1 amide bonds. The third-order valence-electron chi connectivity index (χ3n) is 7.04. The molecule has 6 rings (SSSR count). The monoisotopic (exact) mass is 493 g/mol. The zero-order valence-electron chi connectivity index (χ0n) is 19.6. The molecule has 5 heterocycles. The Labute approximate surface area is 208 Å². The van der Waals surface area contributed by atoms with Crippen molar-refractivity contribution in [2.45, 2.75) is 37.3 Å². The summed E-state index contributed by atoms with van der Waals surface area (Å²) >= 11 is 1.61. The number of fused-ring (bicyclic) bond motifs is 1. The molecule has 3 aliphatic rings. The van der Waals surface area contributed by atoms with Gasteiger partial charge in [-0.1, -0.05) is 12.1 Å². The molecule has 4 atom stereocenters. The van der Waals surface area contributed by atoms with Gasteiger partial charge in [0.1, 0.15) is 17.2 Å². The quantitative estimate of drug-likeness (QED) is 0.407. The van der Waals surface area contributed by atoms with Crippen molar-refractivity contribution >= 4 is 33.4 Å². The Morgan fingerprint density at radius 1 is 1.06 bits per heavy atom. The van der Waals surface area contributed by atoms with Gasteiger partial charge in [0, 0.05) is 51.2 Å². The van der Waals surface area contributed by atoms with E-state index in [-0.39, 0.29) is 24.3 Å². The van der Waals surface area contributed by atoms with Crippen LogP contribution in [0.1, 0.15) is 23.8 Å². The first-order chi connectivity index (χ1) is 17.2. The number of piperazine rings is 1. The number of nitrogens with one attached hydrogen (secondary N) is 4. The SMILES string of the molecule is O=C1NC(N2CCN(c3ncccn3)CC2)NC(N[C@@H]2CCCNC2)C1c1nc2ccccc2s1. The fourth-order valence-corrected chi connectivity index (χ4v) is 6.29. The number of hydrogen-bond donors (Lipinski definition) is 4. The molecule has 184 valence electrons. The second-order valence-electron chi connectivity index (χ2n) is 9.33. The molecule has 3 unspecified atom stereocenters. The number of nitrogens with zero attached hydrogens (tertiary/aromatic N) is 5. The first-order valence-electron chi connectivity index (χ1n) is 12.4. The molecular formula is C24H31N9OS. The van der Waals surface area contributed by atoms with Gasteiger partial charge in [-0.3, -0.25) is 20.3 Å². The Hall–Kier alpha value is -2.70. The van der Waals surface area contributed by atoms with Gasteiger partial charge < -0.3 is 15.5 Å². The van der Waals surface area contributed by atoms with Gasteiger partial charge in [0.25, 0.3) is 0 Å². The molecule has 3 fully saturated rings. The lowest BCUT2D eigenvalue weighted by atomic mass is 10.00. The summed E-state index contributed by atoms with van der Waals surface area (Å²) in [6.45, 7) is 5.19. The van der Waals surface area contributed by atoms with Gasteiger partial charge in [0.2, 0.25) is 11.9 Å². The van der Waals surface area contributed by atoms with E-state index in [4.69, 9.17) is 4.98 Å². The zero-order chi connectivity index (χ0) is 23.6. The van der Waals surface area contributed by atoms with E-state index in [1.54, 1.807) is 23.7 Å². The van der Waals surface area contributed by atoms with E-state index in [1.807, 2.05) is 24.3 Å². The van der Waals surface area contributed by atoms with Crippen molar-refractivity contribution in [3.05, 3.63) is 47.7 Å². The number of benzene rings is 1. The lowest BCUT2D eigenvalue weighted by molar-refractivity contribution is -0.129. The molecule has 0 saturated carbocycles. The summed E-state index contributed by atoms with van der Waals surface area (Å²) in [5, 5.41) is 15.0. The number of carbonyl (C=O) groups excluding carboxylic acids is 1. The standard InChI is InChI=1S/C24H31N9OS/c34-21-19(22-29-17-6-1-2-7-18(17)35-22)20(28-16-5-3-8-25-15-16)30-24(31-21)33-13-11-32(12-14-33)23-26-9-4-10-27-23/h1-2,4,6-7,9-10,16,19-20,24-25,28,30H,3,5,8,11-15H2,(H,31,34)/t16-,19?,20?,24?/m1/s1. The lowest BCUT2D eigenvalue weighted by Crippen LogP contribution is -2.72. The minimum atomic E-state index is -0.385. The number of rotatable bonds is 5. The highest BCUT2D eigenvalue weighted by Crippen LogP contribution is 2.31. The first kappa shape index (κ1) is 22.7. The smallest absolute Gasteiger partial charge is 0.235 e. The van der Waals surface area contributed by atoms with Crippen LogP contribution in [0.4, 0.5) is 5.95 Å². The number of amides is 1. The predicted molar refractivity (Wildman–Crippen MR) is 136 cm³/mol. The highest BCUT2D eigenvalue weighted by molar-refractivity contribution is 7.18. The van der Waals surface area contributed by atoms with Gasteiger partial charge in [-0.15, -0.1) is 11.3 Å². The third kappa shape index (κ3) is 4.87. The van der Waals surface area contributed by atoms with Crippen LogP contribution < -0.4 is 26.2 Å². The molecule has 10 nitrogen and oxygen atoms in total. The second kappa shape index (κ2) is 10.1. The average molecular weight is 494 g/mol. The molecule has 3 saturated heterocycles. The van der Waals surface area contributed by atoms with Crippen LogP contribution in [-0.4, -0.2) is 83.5 Å². The van der Waals surface area contributed by atoms with Crippen molar-refractivity contribution in [3.63, 3.8) is 0 Å². The van der Waals surface area contributed by atoms with Crippen LogP contribution in [0.5, 0.6) is 0 Å². The van der Waals surface area contributed by atoms with Gasteiger partial charge in [0.15, 0.2) is 0 Å². The topological polar surface area (TPSA) is 110 Å². The Morgan fingerprint density at radius 2 is 1.89 bits per heavy atom. The third-order valence-corrected chi connectivity index (χ3v) is 8.15. The van der Waals surface area contributed by atoms with E-state index in [1.165, 1.54) is 0 Å². The zero-order valence-corrected chi connectivity index (χ0v) is 20.4. The maximum absolute atomic E-state index is 13.6. The van der Waals surface area contributed by atoms with Gasteiger partial charge in [-0.2, -0.15) is 0 Å². The first-order valence-corrected chi connectivity index (χ1v) is 13.2. The lowest BCUT2D eigenvalue weighted by Gasteiger charge is -2.45. The van der Waals surface area contributed by atoms with Gasteiger partial charge in [0.05, 0.1) is 16.4 Å². The van der Waals surface area contributed by atoms with Crippen molar-refractivity contribution in [1.82, 2.24) is 41.1 Å². The molecule has 35 heavy (non-hydrogen) atoms. The van der Waals surface area contributed by atoms with E-state index in [0.29, 0.717) is 6.04 Å². The molecule has 0 radical (unpaired) electrons. The highest BCUT2D eigenvalue weighted by atomic mass is 32.1. The number of thiazole rings is 1. The van der Waals surface area contributed by atoms with E-state index >= 15 is 0 Å². The Bertz CT molecular complexity index is 1110. The number of para-hydroxylation sites is 1. The van der Waals surface area contributed by atoms with Crippen LogP contribution >= 0.6 is 11.3 Å². The van der Waals surface area contributed by atoms with Crippen molar-refractivity contribution in [1.29, 1.82) is 0 Å². The number of aromatic nitrogens is 3. The molecule has 0 spiro atoms. The summed E-state index contributed by atoms with van der Waals surface area (Å²) in [4.78, 5) is 31.6. The van der Waals surface area contributed by atoms with Crippen molar-refractivity contribution in [3.8, 4) is 0 Å². The fourth-order valence-electron chi connectivity index (χ4n) is 5.19. The normalized spacial score (nSPS) is 28.2. The summed E-state index contributed by atoms with van der Waals surface area (Å²) in [7, 11) is 0. The summed E-state index contributed by atoms with van der Waals surface area (Å²) < 4.78 is 1.11. The largest absolute Gasteiger partial charge is 0.338 e. The van der Waals surface area contributed by atoms with E-state index in [9.17, 15) is 4.79 Å². The van der Waals surface area contributed by atoms with Crippen LogP contribution in [0.15, 0.2) is 42.7 Å². The minimum absolute atomic E-state index is 0.0166. The number of hydrogen-bond acceptors (Lipinski definition) is 10. The summed E-state index contributed by atoms with van der Waals surface area (Å²) in [5.74, 6) is 0.389. The molecule has 3 aromatic rings. The van der Waals surface area contributed by atoms with Gasteiger partial charge in [-0.05, 0) is 37.6 Å². The Balaban J connectivity index is 1.20. The number of carbonyl (C=O) groups is 1. The Morgan fingerprint density at radius 3 is 2.66 bits per heavy atom. The van der Waals surface area contributed by atoms with Crippen LogP contribution in [0.3, 0.4) is 0 Å². The summed E-state index contributed by atoms with van der Waals surface area (Å²) in [6, 6.07) is 10.2. The molecule has 0 aliphatic carbocycles. The molecule has 4 N–H and O–H groups in total. The van der Waals surface area contributed by atoms with Crippen molar-refractivity contribution in [2.24, 2.45) is 0 Å². The van der Waals surface area contributed by atoms with E-state index in [0.717, 1.165) is 73.3 Å². The van der Waals surface area contributed by atoms with Crippen LogP contribution in [-0.2, 0) is 4.79 Å². The maximum atomic E-state index is 13.6. The van der Waals surface area contributed by atoms with Crippen LogP contribution in [0.25, 0.3) is 10.2 Å². The number of piperidine rings is 1. The molecule has 11 heteroatoms. The highest BCUT2D eigenvalue weighted by Gasteiger charge is 2.42. The minimum Gasteiger partial charge on any atom is -0.338 e. The van der Waals surface area contributed by atoms with Crippen LogP contribution in [0, 0.1) is 0 Å². The van der Waals surface area contributed by atoms with Crippen molar-refractivity contribution < 1.29 is 4.79 Å². The molecular weight excluding hydrogens is 462 g/mol. The fraction of sp³-hybridized carbons (Fsp3) is 0.500. The van der Waals surface area contributed by atoms with E-state index < -0.39 is 0 Å². The van der Waals surface area contributed by atoms with Gasteiger partial charge >= 0.3 is 0 Å². The summed E-state index contributed by atoms with van der Waals surface area (Å²) in [5.41, 5.74) is 0.944. The molecule has 3 aliphatic heterocycles. The summed E-state index contributed by atoms with van der Waals surface area (Å²) in [6.07, 6.45) is 5.34. The Kier molecular flexibility index (Phi) is 6.57. The number of anilines is 1. The van der Waals surface area contributed by atoms with Crippen molar-refractivity contribution in [2.75, 3.05) is 44.2 Å². The van der Waals surface area contributed by atoms with Crippen LogP contribution in [0.2, 0.25) is 0 Å². The average Bonchev–Trinajstić information content (AvgIpc) is 3.33. The molecule has 1 aromatic carbocycles. The van der Waals surface area contributed by atoms with Gasteiger partial charge in [-0.25, -0.2) is 15.0 Å².